The second kappa shape index (κ2) is 5.99. The van der Waals surface area contributed by atoms with Gasteiger partial charge in [-0.3, -0.25) is 4.79 Å². The van der Waals surface area contributed by atoms with Crippen LogP contribution >= 0.6 is 0 Å². The second-order valence-corrected chi connectivity index (χ2v) is 6.07. The van der Waals surface area contributed by atoms with Crippen LogP contribution in [-0.4, -0.2) is 25.5 Å². The van der Waals surface area contributed by atoms with Crippen LogP contribution in [-0.2, 0) is 14.8 Å². The van der Waals surface area contributed by atoms with Gasteiger partial charge in [0.2, 0.25) is 10.0 Å². The summed E-state index contributed by atoms with van der Waals surface area (Å²) in [6.45, 7) is 6.98. The van der Waals surface area contributed by atoms with Crippen LogP contribution in [0.4, 0.5) is 0 Å². The molecule has 6 heteroatoms. The van der Waals surface area contributed by atoms with Crippen molar-refractivity contribution in [3.05, 3.63) is 42.0 Å². The van der Waals surface area contributed by atoms with E-state index in [1.807, 2.05) is 6.07 Å². The monoisotopic (exact) mass is 283 g/mol. The third kappa shape index (κ3) is 4.18. The molecule has 5 nitrogen and oxygen atoms in total. The van der Waals surface area contributed by atoms with Gasteiger partial charge in [0.05, 0.1) is 4.90 Å². The standard InChI is InChI=1S/C13H17NO4S/c1-4-5-12(13(15)16)14-19(17,18)11-7-9(2)6-10(3)8-11/h4,6-8,12,14H,1,5H2,2-3H3,(H,15,16). The summed E-state index contributed by atoms with van der Waals surface area (Å²) in [5.74, 6) is -1.23. The Bertz CT molecular complexity index is 572. The first-order valence-electron chi connectivity index (χ1n) is 5.70. The van der Waals surface area contributed by atoms with Crippen molar-refractivity contribution >= 4 is 16.0 Å². The molecule has 0 saturated carbocycles. The molecule has 1 atom stereocenters. The number of aliphatic carboxylic acids is 1. The molecule has 0 spiro atoms. The van der Waals surface area contributed by atoms with Crippen LogP contribution in [0.2, 0.25) is 0 Å². The van der Waals surface area contributed by atoms with Gasteiger partial charge in [-0.05, 0) is 43.5 Å². The molecule has 0 heterocycles. The molecule has 0 radical (unpaired) electrons. The van der Waals surface area contributed by atoms with E-state index in [9.17, 15) is 13.2 Å². The maximum Gasteiger partial charge on any atom is 0.322 e. The highest BCUT2D eigenvalue weighted by Gasteiger charge is 2.24. The molecule has 104 valence electrons. The van der Waals surface area contributed by atoms with Crippen molar-refractivity contribution in [2.24, 2.45) is 0 Å². The van der Waals surface area contributed by atoms with E-state index >= 15 is 0 Å². The molecule has 1 unspecified atom stereocenters. The molecule has 0 aliphatic heterocycles. The Morgan fingerprint density at radius 2 is 1.89 bits per heavy atom. The van der Waals surface area contributed by atoms with Gasteiger partial charge >= 0.3 is 5.97 Å². The van der Waals surface area contributed by atoms with Crippen molar-refractivity contribution in [1.82, 2.24) is 4.72 Å². The summed E-state index contributed by atoms with van der Waals surface area (Å²) in [7, 11) is -3.85. The first-order valence-corrected chi connectivity index (χ1v) is 7.19. The molecule has 0 aliphatic rings. The van der Waals surface area contributed by atoms with Gasteiger partial charge in [0.1, 0.15) is 6.04 Å². The van der Waals surface area contributed by atoms with E-state index in [2.05, 4.69) is 11.3 Å². The van der Waals surface area contributed by atoms with E-state index in [1.54, 1.807) is 13.8 Å². The lowest BCUT2D eigenvalue weighted by Gasteiger charge is -2.13. The summed E-state index contributed by atoms with van der Waals surface area (Å²) in [5, 5.41) is 8.95. The minimum absolute atomic E-state index is 0.0271. The SMILES string of the molecule is C=CCC(NS(=O)(=O)c1cc(C)cc(C)c1)C(=O)O. The summed E-state index contributed by atoms with van der Waals surface area (Å²) < 4.78 is 26.4. The van der Waals surface area contributed by atoms with Crippen molar-refractivity contribution in [2.75, 3.05) is 0 Å². The van der Waals surface area contributed by atoms with Gasteiger partial charge in [0.15, 0.2) is 0 Å². The van der Waals surface area contributed by atoms with Gasteiger partial charge in [-0.2, -0.15) is 4.72 Å². The molecule has 0 amide bonds. The first kappa shape index (κ1) is 15.4. The van der Waals surface area contributed by atoms with Crippen LogP contribution < -0.4 is 4.72 Å². The molecule has 1 aromatic rings. The van der Waals surface area contributed by atoms with Crippen molar-refractivity contribution < 1.29 is 18.3 Å². The quantitative estimate of drug-likeness (QED) is 0.777. The lowest BCUT2D eigenvalue weighted by Crippen LogP contribution is -2.40. The molecular formula is C13H17NO4S. The lowest BCUT2D eigenvalue weighted by molar-refractivity contribution is -0.138. The molecule has 19 heavy (non-hydrogen) atoms. The lowest BCUT2D eigenvalue weighted by atomic mass is 10.2. The number of hydrogen-bond donors (Lipinski definition) is 2. The number of carboxylic acid groups (broad SMARTS) is 1. The minimum atomic E-state index is -3.85. The first-order chi connectivity index (χ1) is 8.76. The van der Waals surface area contributed by atoms with E-state index in [1.165, 1.54) is 18.2 Å². The third-order valence-corrected chi connectivity index (χ3v) is 3.95. The van der Waals surface area contributed by atoms with Crippen molar-refractivity contribution in [2.45, 2.75) is 31.2 Å². The zero-order chi connectivity index (χ0) is 14.6. The number of carbonyl (C=O) groups is 1. The molecule has 1 aromatic carbocycles. The van der Waals surface area contributed by atoms with Gasteiger partial charge in [0, 0.05) is 0 Å². The molecule has 0 aliphatic carbocycles. The second-order valence-electron chi connectivity index (χ2n) is 4.36. The smallest absolute Gasteiger partial charge is 0.322 e. The number of nitrogens with one attached hydrogen (secondary N) is 1. The summed E-state index contributed by atoms with van der Waals surface area (Å²) in [4.78, 5) is 11.0. The van der Waals surface area contributed by atoms with E-state index in [4.69, 9.17) is 5.11 Å². The average Bonchev–Trinajstić information content (AvgIpc) is 2.26. The van der Waals surface area contributed by atoms with Crippen molar-refractivity contribution in [3.63, 3.8) is 0 Å². The van der Waals surface area contributed by atoms with Crippen LogP contribution in [0.3, 0.4) is 0 Å². The highest BCUT2D eigenvalue weighted by Crippen LogP contribution is 2.15. The van der Waals surface area contributed by atoms with Crippen LogP contribution in [0.1, 0.15) is 17.5 Å². The van der Waals surface area contributed by atoms with Crippen molar-refractivity contribution in [3.8, 4) is 0 Å². The zero-order valence-electron chi connectivity index (χ0n) is 10.9. The van der Waals surface area contributed by atoms with Gasteiger partial charge in [-0.25, -0.2) is 8.42 Å². The van der Waals surface area contributed by atoms with Crippen molar-refractivity contribution in [1.29, 1.82) is 0 Å². The predicted octanol–water partition coefficient (Wildman–Crippen LogP) is 1.61. The Kier molecular flexibility index (Phi) is 4.85. The molecule has 0 aromatic heterocycles. The number of benzene rings is 1. The van der Waals surface area contributed by atoms with Gasteiger partial charge < -0.3 is 5.11 Å². The van der Waals surface area contributed by atoms with E-state index in [-0.39, 0.29) is 11.3 Å². The Hall–Kier alpha value is -1.66. The number of aryl methyl sites for hydroxylation is 2. The zero-order valence-corrected chi connectivity index (χ0v) is 11.7. The van der Waals surface area contributed by atoms with Crippen LogP contribution in [0.15, 0.2) is 35.7 Å². The Labute approximate surface area is 113 Å². The summed E-state index contributed by atoms with van der Waals surface area (Å²) in [5.41, 5.74) is 1.60. The van der Waals surface area contributed by atoms with E-state index < -0.39 is 22.0 Å². The number of carboxylic acids is 1. The molecule has 0 bridgehead atoms. The highest BCUT2D eigenvalue weighted by atomic mass is 32.2. The molecule has 0 fully saturated rings. The van der Waals surface area contributed by atoms with Crippen LogP contribution in [0.5, 0.6) is 0 Å². The van der Waals surface area contributed by atoms with Gasteiger partial charge in [-0.1, -0.05) is 12.1 Å². The molecule has 0 saturated heterocycles. The fourth-order valence-corrected chi connectivity index (χ4v) is 3.10. The molecule has 1 rings (SSSR count). The average molecular weight is 283 g/mol. The van der Waals surface area contributed by atoms with E-state index in [0.717, 1.165) is 11.1 Å². The van der Waals surface area contributed by atoms with Gasteiger partial charge in [-0.15, -0.1) is 6.58 Å². The topological polar surface area (TPSA) is 83.5 Å². The summed E-state index contributed by atoms with van der Waals surface area (Å²) in [6.07, 6.45) is 1.39. The third-order valence-electron chi connectivity index (χ3n) is 2.50. The fourth-order valence-electron chi connectivity index (χ4n) is 1.71. The number of hydrogen-bond acceptors (Lipinski definition) is 3. The largest absolute Gasteiger partial charge is 0.480 e. The Morgan fingerprint density at radius 3 is 2.32 bits per heavy atom. The van der Waals surface area contributed by atoms with Crippen LogP contribution in [0, 0.1) is 13.8 Å². The normalized spacial score (nSPS) is 12.9. The number of rotatable bonds is 6. The highest BCUT2D eigenvalue weighted by molar-refractivity contribution is 7.89. The number of sulfonamides is 1. The van der Waals surface area contributed by atoms with Gasteiger partial charge in [0.25, 0.3) is 0 Å². The molecule has 2 N–H and O–H groups in total. The van der Waals surface area contributed by atoms with Crippen LogP contribution in [0.25, 0.3) is 0 Å². The fraction of sp³-hybridized carbons (Fsp3) is 0.308. The molecular weight excluding hydrogens is 266 g/mol. The summed E-state index contributed by atoms with van der Waals surface area (Å²) >= 11 is 0. The Morgan fingerprint density at radius 1 is 1.37 bits per heavy atom. The predicted molar refractivity (Wildman–Crippen MR) is 72.5 cm³/mol. The Balaban J connectivity index is 3.09. The maximum atomic E-state index is 12.1. The van der Waals surface area contributed by atoms with E-state index in [0.29, 0.717) is 0 Å². The maximum absolute atomic E-state index is 12.1. The summed E-state index contributed by atoms with van der Waals surface area (Å²) in [6, 6.07) is 3.64. The minimum Gasteiger partial charge on any atom is -0.480 e.